The van der Waals surface area contributed by atoms with Gasteiger partial charge in [0.05, 0.1) is 6.10 Å². The first-order valence-corrected chi connectivity index (χ1v) is 10.5. The zero-order valence-corrected chi connectivity index (χ0v) is 19.2. The first-order chi connectivity index (χ1) is 15.2. The van der Waals surface area contributed by atoms with Crippen LogP contribution in [0.15, 0.2) is 59.1 Å². The highest BCUT2D eigenvalue weighted by Crippen LogP contribution is 2.35. The number of aliphatic carboxylic acids is 1. The summed E-state index contributed by atoms with van der Waals surface area (Å²) in [7, 11) is 1.44. The molecular formula is C23H24BrNO7. The van der Waals surface area contributed by atoms with Crippen molar-refractivity contribution >= 4 is 39.5 Å². The van der Waals surface area contributed by atoms with Crippen molar-refractivity contribution in [1.82, 2.24) is 0 Å². The van der Waals surface area contributed by atoms with Crippen LogP contribution >= 0.6 is 15.9 Å². The van der Waals surface area contributed by atoms with E-state index in [0.29, 0.717) is 34.1 Å². The fourth-order valence-electron chi connectivity index (χ4n) is 2.98. The lowest BCUT2D eigenvalue weighted by molar-refractivity contribution is -0.131. The molecule has 0 fully saturated rings. The van der Waals surface area contributed by atoms with E-state index in [-0.39, 0.29) is 11.5 Å². The molecule has 0 heterocycles. The zero-order chi connectivity index (χ0) is 23.7. The number of Topliss-reactive ketones (excluding diaryl/α,β-unsaturated/α-hetero) is 1. The van der Waals surface area contributed by atoms with Gasteiger partial charge in [0, 0.05) is 34.5 Å². The Kier molecular flexibility index (Phi) is 9.42. The number of nitrogens with one attached hydrogen (secondary N) is 1. The van der Waals surface area contributed by atoms with Crippen LogP contribution in [0.4, 0.5) is 10.5 Å². The highest BCUT2D eigenvalue weighted by atomic mass is 79.9. The number of aromatic hydroxyl groups is 1. The van der Waals surface area contributed by atoms with E-state index < -0.39 is 24.3 Å². The molecule has 0 aliphatic rings. The molecule has 2 atom stereocenters. The maximum atomic E-state index is 12.6. The SMILES string of the molecule is CO[C@@H](CC/C=C/C(=O)O)[C@@H](OC(=O)Nc1ccc(C(C)=O)cc1)c1cc(Br)ccc1O. The van der Waals surface area contributed by atoms with Crippen molar-refractivity contribution in [3.05, 3.63) is 70.2 Å². The Labute approximate surface area is 194 Å². The molecule has 2 aromatic rings. The number of carbonyl (C=O) groups is 3. The highest BCUT2D eigenvalue weighted by molar-refractivity contribution is 9.10. The van der Waals surface area contributed by atoms with Crippen LogP contribution in [0.3, 0.4) is 0 Å². The van der Waals surface area contributed by atoms with Crippen molar-refractivity contribution in [2.24, 2.45) is 0 Å². The molecule has 0 bridgehead atoms. The molecule has 0 saturated carbocycles. The van der Waals surface area contributed by atoms with Gasteiger partial charge in [0.15, 0.2) is 11.9 Å². The van der Waals surface area contributed by atoms with E-state index in [1.807, 2.05) is 0 Å². The van der Waals surface area contributed by atoms with Crippen LogP contribution in [-0.4, -0.2) is 41.3 Å². The van der Waals surface area contributed by atoms with Crippen LogP contribution < -0.4 is 5.32 Å². The van der Waals surface area contributed by atoms with E-state index in [1.165, 1.54) is 26.2 Å². The summed E-state index contributed by atoms with van der Waals surface area (Å²) in [6.07, 6.45) is 0.754. The first kappa shape index (κ1) is 25.1. The Morgan fingerprint density at radius 2 is 1.84 bits per heavy atom. The third kappa shape index (κ3) is 7.51. The third-order valence-electron chi connectivity index (χ3n) is 4.59. The van der Waals surface area contributed by atoms with E-state index in [4.69, 9.17) is 14.6 Å². The second-order valence-corrected chi connectivity index (χ2v) is 7.80. The Morgan fingerprint density at radius 1 is 1.16 bits per heavy atom. The summed E-state index contributed by atoms with van der Waals surface area (Å²) in [4.78, 5) is 34.7. The summed E-state index contributed by atoms with van der Waals surface area (Å²) in [6, 6.07) is 11.1. The summed E-state index contributed by atoms with van der Waals surface area (Å²) in [6.45, 7) is 1.45. The number of halogens is 1. The lowest BCUT2D eigenvalue weighted by Gasteiger charge is -2.27. The minimum absolute atomic E-state index is 0.0834. The maximum Gasteiger partial charge on any atom is 0.412 e. The molecule has 2 aromatic carbocycles. The number of ether oxygens (including phenoxy) is 2. The summed E-state index contributed by atoms with van der Waals surface area (Å²) in [5.41, 5.74) is 1.26. The lowest BCUT2D eigenvalue weighted by Crippen LogP contribution is -2.28. The number of carboxylic acids is 1. The minimum atomic E-state index is -1.06. The second-order valence-electron chi connectivity index (χ2n) is 6.88. The Hall–Kier alpha value is -3.17. The number of phenolic OH excluding ortho intramolecular Hbond substituents is 1. The normalized spacial score (nSPS) is 12.8. The molecule has 3 N–H and O–H groups in total. The number of allylic oxidation sites excluding steroid dienone is 1. The number of amides is 1. The van der Waals surface area contributed by atoms with Gasteiger partial charge in [0.2, 0.25) is 0 Å². The van der Waals surface area contributed by atoms with Gasteiger partial charge in [-0.15, -0.1) is 0 Å². The van der Waals surface area contributed by atoms with Gasteiger partial charge < -0.3 is 19.7 Å². The number of hydrogen-bond acceptors (Lipinski definition) is 6. The maximum absolute atomic E-state index is 12.6. The van der Waals surface area contributed by atoms with Gasteiger partial charge in [-0.2, -0.15) is 0 Å². The van der Waals surface area contributed by atoms with E-state index in [1.54, 1.807) is 36.4 Å². The molecule has 8 nitrogen and oxygen atoms in total. The molecular weight excluding hydrogens is 482 g/mol. The van der Waals surface area contributed by atoms with Gasteiger partial charge in [-0.3, -0.25) is 10.1 Å². The summed E-state index contributed by atoms with van der Waals surface area (Å²) >= 11 is 3.34. The van der Waals surface area contributed by atoms with Crippen molar-refractivity contribution in [3.63, 3.8) is 0 Å². The van der Waals surface area contributed by atoms with E-state index in [9.17, 15) is 19.5 Å². The number of ketones is 1. The Morgan fingerprint density at radius 3 is 2.44 bits per heavy atom. The number of carbonyl (C=O) groups excluding carboxylic acids is 2. The van der Waals surface area contributed by atoms with Crippen molar-refractivity contribution < 1.29 is 34.1 Å². The lowest BCUT2D eigenvalue weighted by atomic mass is 9.99. The predicted octanol–water partition coefficient (Wildman–Crippen LogP) is 5.08. The molecule has 0 radical (unpaired) electrons. The van der Waals surface area contributed by atoms with Gasteiger partial charge in [-0.1, -0.05) is 22.0 Å². The molecule has 170 valence electrons. The topological polar surface area (TPSA) is 122 Å². The van der Waals surface area contributed by atoms with Gasteiger partial charge in [-0.25, -0.2) is 9.59 Å². The fraction of sp³-hybridized carbons (Fsp3) is 0.261. The number of hydrogen-bond donors (Lipinski definition) is 3. The second kappa shape index (κ2) is 12.0. The number of methoxy groups -OCH3 is 1. The number of phenols is 1. The van der Waals surface area contributed by atoms with Crippen LogP contribution in [0.25, 0.3) is 0 Å². The summed E-state index contributed by atoms with van der Waals surface area (Å²) in [5.74, 6) is -1.24. The van der Waals surface area contributed by atoms with Crippen molar-refractivity contribution in [1.29, 1.82) is 0 Å². The minimum Gasteiger partial charge on any atom is -0.508 e. The van der Waals surface area contributed by atoms with E-state index >= 15 is 0 Å². The van der Waals surface area contributed by atoms with E-state index in [2.05, 4.69) is 21.2 Å². The van der Waals surface area contributed by atoms with Gasteiger partial charge in [0.1, 0.15) is 5.75 Å². The average molecular weight is 506 g/mol. The molecule has 9 heteroatoms. The fourth-order valence-corrected chi connectivity index (χ4v) is 3.36. The van der Waals surface area contributed by atoms with Crippen molar-refractivity contribution in [3.8, 4) is 5.75 Å². The summed E-state index contributed by atoms with van der Waals surface area (Å²) < 4.78 is 11.8. The van der Waals surface area contributed by atoms with Crippen LogP contribution in [0.2, 0.25) is 0 Å². The van der Waals surface area contributed by atoms with Crippen LogP contribution in [0.5, 0.6) is 5.75 Å². The monoisotopic (exact) mass is 505 g/mol. The van der Waals surface area contributed by atoms with Crippen molar-refractivity contribution in [2.75, 3.05) is 12.4 Å². The molecule has 0 spiro atoms. The largest absolute Gasteiger partial charge is 0.508 e. The molecule has 1 amide bonds. The zero-order valence-electron chi connectivity index (χ0n) is 17.6. The Bertz CT molecular complexity index is 988. The number of rotatable bonds is 10. The smallest absolute Gasteiger partial charge is 0.412 e. The van der Waals surface area contributed by atoms with Crippen LogP contribution in [0, 0.1) is 0 Å². The van der Waals surface area contributed by atoms with Gasteiger partial charge in [0.25, 0.3) is 0 Å². The molecule has 0 aliphatic carbocycles. The third-order valence-corrected chi connectivity index (χ3v) is 5.08. The Balaban J connectivity index is 2.22. The number of anilines is 1. The van der Waals surface area contributed by atoms with Crippen LogP contribution in [0.1, 0.15) is 41.8 Å². The quantitative estimate of drug-likeness (QED) is 0.303. The van der Waals surface area contributed by atoms with Gasteiger partial charge >= 0.3 is 12.1 Å². The highest BCUT2D eigenvalue weighted by Gasteiger charge is 2.29. The summed E-state index contributed by atoms with van der Waals surface area (Å²) in [5, 5.41) is 21.7. The molecule has 2 rings (SSSR count). The molecule has 0 aliphatic heterocycles. The first-order valence-electron chi connectivity index (χ1n) is 9.70. The molecule has 0 unspecified atom stereocenters. The standard InChI is InChI=1S/C23H24BrNO7/c1-14(26)15-7-10-17(11-8-15)25-23(30)32-22(18-13-16(24)9-12-19(18)27)20(31-2)5-3-4-6-21(28)29/h4,6-13,20,22,27H,3,5H2,1-2H3,(H,25,30)(H,28,29)/b6-4+/t20-,22-/m0/s1. The average Bonchev–Trinajstić information content (AvgIpc) is 2.74. The van der Waals surface area contributed by atoms with Crippen LogP contribution in [-0.2, 0) is 14.3 Å². The number of carboxylic acid groups (broad SMARTS) is 1. The molecule has 0 aromatic heterocycles. The van der Waals surface area contributed by atoms with Gasteiger partial charge in [-0.05, 0) is 62.2 Å². The molecule has 0 saturated heterocycles. The number of benzene rings is 2. The predicted molar refractivity (Wildman–Crippen MR) is 122 cm³/mol. The molecule has 32 heavy (non-hydrogen) atoms. The van der Waals surface area contributed by atoms with E-state index in [0.717, 1.165) is 6.08 Å². The van der Waals surface area contributed by atoms with Crippen molar-refractivity contribution in [2.45, 2.75) is 32.0 Å².